The molecule has 206 valence electrons. The van der Waals surface area contributed by atoms with Gasteiger partial charge in [0.05, 0.1) is 30.6 Å². The van der Waals surface area contributed by atoms with Crippen molar-refractivity contribution in [2.75, 3.05) is 32.8 Å². The van der Waals surface area contributed by atoms with E-state index in [2.05, 4.69) is 38.4 Å². The van der Waals surface area contributed by atoms with Crippen LogP contribution in [0.25, 0.3) is 0 Å². The van der Waals surface area contributed by atoms with Gasteiger partial charge in [0.2, 0.25) is 0 Å². The number of ether oxygens (including phenoxy) is 4. The molecule has 3 aromatic rings. The van der Waals surface area contributed by atoms with Gasteiger partial charge >= 0.3 is 0 Å². The predicted molar refractivity (Wildman–Crippen MR) is 160 cm³/mol. The number of aryl methyl sites for hydroxylation is 1. The maximum absolute atomic E-state index is 12.6. The third-order valence-corrected chi connectivity index (χ3v) is 6.53. The average molecular weight is 666 g/mol. The highest BCUT2D eigenvalue weighted by molar-refractivity contribution is 14.1. The third kappa shape index (κ3) is 8.49. The fourth-order valence-corrected chi connectivity index (χ4v) is 4.29. The first-order chi connectivity index (χ1) is 18.7. The van der Waals surface area contributed by atoms with Gasteiger partial charge in [-0.1, -0.05) is 24.6 Å². The number of hydrogen-bond acceptors (Lipinski definition) is 7. The zero-order valence-electron chi connectivity index (χ0n) is 22.0. The van der Waals surface area contributed by atoms with Crippen molar-refractivity contribution in [3.63, 3.8) is 0 Å². The molecule has 0 aliphatic heterocycles. The van der Waals surface area contributed by atoms with E-state index in [4.69, 9.17) is 30.5 Å². The SMILES string of the molecule is CCCOc1ccc(C(=O)N/N=C/c2cc(I)c(OCC(=O)Nc3ccc(C)c(Cl)c3)c(OC)c2)cc1OC. The molecule has 39 heavy (non-hydrogen) atoms. The summed E-state index contributed by atoms with van der Waals surface area (Å²) in [6, 6.07) is 13.7. The second kappa shape index (κ2) is 14.6. The summed E-state index contributed by atoms with van der Waals surface area (Å²) in [6.45, 7) is 4.21. The molecule has 2 amide bonds. The van der Waals surface area contributed by atoms with Gasteiger partial charge in [0.25, 0.3) is 11.8 Å². The molecular weight excluding hydrogens is 637 g/mol. The number of rotatable bonds is 12. The Morgan fingerprint density at radius 1 is 1.00 bits per heavy atom. The summed E-state index contributed by atoms with van der Waals surface area (Å²) >= 11 is 8.20. The summed E-state index contributed by atoms with van der Waals surface area (Å²) in [5, 5.41) is 7.37. The Labute approximate surface area is 246 Å². The highest BCUT2D eigenvalue weighted by Crippen LogP contribution is 2.34. The Morgan fingerprint density at radius 2 is 1.77 bits per heavy atom. The number of carbonyl (C=O) groups is 2. The minimum absolute atomic E-state index is 0.229. The number of methoxy groups -OCH3 is 2. The molecule has 0 aliphatic rings. The van der Waals surface area contributed by atoms with Crippen molar-refractivity contribution in [3.8, 4) is 23.0 Å². The molecule has 0 fully saturated rings. The fourth-order valence-electron chi connectivity index (χ4n) is 3.33. The maximum atomic E-state index is 12.6. The molecule has 0 atom stereocenters. The second-order valence-corrected chi connectivity index (χ2v) is 9.82. The van der Waals surface area contributed by atoms with E-state index in [9.17, 15) is 9.59 Å². The molecule has 0 heterocycles. The van der Waals surface area contributed by atoms with Crippen molar-refractivity contribution in [1.82, 2.24) is 5.43 Å². The van der Waals surface area contributed by atoms with Gasteiger partial charge in [0.1, 0.15) is 0 Å². The van der Waals surface area contributed by atoms with Crippen LogP contribution >= 0.6 is 34.2 Å². The highest BCUT2D eigenvalue weighted by atomic mass is 127. The largest absolute Gasteiger partial charge is 0.493 e. The number of halogens is 2. The van der Waals surface area contributed by atoms with Crippen LogP contribution in [0.3, 0.4) is 0 Å². The lowest BCUT2D eigenvalue weighted by molar-refractivity contribution is -0.118. The molecule has 0 spiro atoms. The number of hydrazone groups is 1. The monoisotopic (exact) mass is 665 g/mol. The quantitative estimate of drug-likeness (QED) is 0.143. The molecular formula is C28H29ClIN3O6. The van der Waals surface area contributed by atoms with Crippen molar-refractivity contribution in [3.05, 3.63) is 73.8 Å². The van der Waals surface area contributed by atoms with Crippen LogP contribution < -0.4 is 29.7 Å². The van der Waals surface area contributed by atoms with Gasteiger partial charge < -0.3 is 24.3 Å². The molecule has 0 saturated heterocycles. The molecule has 0 aromatic heterocycles. The molecule has 2 N–H and O–H groups in total. The fraction of sp³-hybridized carbons (Fsp3) is 0.250. The molecule has 0 bridgehead atoms. The van der Waals surface area contributed by atoms with E-state index in [-0.39, 0.29) is 12.5 Å². The summed E-state index contributed by atoms with van der Waals surface area (Å²) in [5.74, 6) is 1.10. The standard InChI is InChI=1S/C28H29ClIN3O6/c1-5-10-38-23-9-7-19(13-24(23)36-3)28(35)33-31-15-18-11-22(30)27(25(12-18)37-4)39-16-26(34)32-20-8-6-17(2)21(29)14-20/h6-9,11-15H,5,10,16H2,1-4H3,(H,32,34)(H,33,35)/b31-15+. The zero-order valence-corrected chi connectivity index (χ0v) is 24.9. The Kier molecular flexibility index (Phi) is 11.2. The van der Waals surface area contributed by atoms with Gasteiger partial charge in [-0.25, -0.2) is 5.43 Å². The molecule has 0 saturated carbocycles. The number of anilines is 1. The first-order valence-electron chi connectivity index (χ1n) is 12.0. The smallest absolute Gasteiger partial charge is 0.271 e. The van der Waals surface area contributed by atoms with E-state index in [0.717, 1.165) is 12.0 Å². The number of benzene rings is 3. The zero-order chi connectivity index (χ0) is 28.4. The normalized spacial score (nSPS) is 10.7. The summed E-state index contributed by atoms with van der Waals surface area (Å²) in [7, 11) is 3.01. The van der Waals surface area contributed by atoms with E-state index < -0.39 is 5.91 Å². The lowest BCUT2D eigenvalue weighted by Gasteiger charge is -2.14. The molecule has 3 aromatic carbocycles. The average Bonchev–Trinajstić information content (AvgIpc) is 2.92. The van der Waals surface area contributed by atoms with Crippen LogP contribution in [0.4, 0.5) is 5.69 Å². The van der Waals surface area contributed by atoms with E-state index in [1.54, 1.807) is 42.5 Å². The van der Waals surface area contributed by atoms with Crippen LogP contribution in [-0.4, -0.2) is 45.5 Å². The van der Waals surface area contributed by atoms with Gasteiger partial charge in [0.15, 0.2) is 29.6 Å². The van der Waals surface area contributed by atoms with Crippen LogP contribution in [-0.2, 0) is 4.79 Å². The summed E-state index contributed by atoms with van der Waals surface area (Å²) in [5.41, 5.74) is 5.02. The molecule has 9 nitrogen and oxygen atoms in total. The highest BCUT2D eigenvalue weighted by Gasteiger charge is 2.14. The van der Waals surface area contributed by atoms with Crippen LogP contribution in [0.1, 0.15) is 34.8 Å². The van der Waals surface area contributed by atoms with Crippen molar-refractivity contribution in [2.45, 2.75) is 20.3 Å². The number of hydrogen-bond donors (Lipinski definition) is 2. The van der Waals surface area contributed by atoms with Gasteiger partial charge in [0, 0.05) is 16.3 Å². The number of nitrogens with zero attached hydrogens (tertiary/aromatic N) is 1. The Hall–Kier alpha value is -3.51. The minimum atomic E-state index is -0.408. The van der Waals surface area contributed by atoms with Crippen LogP contribution in [0.5, 0.6) is 23.0 Å². The lowest BCUT2D eigenvalue weighted by Crippen LogP contribution is -2.20. The van der Waals surface area contributed by atoms with Crippen molar-refractivity contribution in [1.29, 1.82) is 0 Å². The van der Waals surface area contributed by atoms with E-state index in [0.29, 0.717) is 55.0 Å². The molecule has 0 aliphatic carbocycles. The Morgan fingerprint density at radius 3 is 2.46 bits per heavy atom. The van der Waals surface area contributed by atoms with Crippen molar-refractivity contribution in [2.24, 2.45) is 5.10 Å². The second-order valence-electron chi connectivity index (χ2n) is 8.25. The van der Waals surface area contributed by atoms with E-state index in [1.165, 1.54) is 20.4 Å². The summed E-state index contributed by atoms with van der Waals surface area (Å²) in [6.07, 6.45) is 2.34. The van der Waals surface area contributed by atoms with Gasteiger partial charge in [-0.15, -0.1) is 0 Å². The van der Waals surface area contributed by atoms with Crippen LogP contribution in [0.15, 0.2) is 53.6 Å². The minimum Gasteiger partial charge on any atom is -0.493 e. The van der Waals surface area contributed by atoms with Gasteiger partial charge in [-0.05, 0) is 89.5 Å². The molecule has 0 unspecified atom stereocenters. The maximum Gasteiger partial charge on any atom is 0.271 e. The van der Waals surface area contributed by atoms with E-state index in [1.807, 2.05) is 19.9 Å². The van der Waals surface area contributed by atoms with E-state index >= 15 is 0 Å². The topological polar surface area (TPSA) is 107 Å². The van der Waals surface area contributed by atoms with Crippen molar-refractivity contribution >= 4 is 57.9 Å². The first kappa shape index (κ1) is 30.0. The van der Waals surface area contributed by atoms with Gasteiger partial charge in [-0.3, -0.25) is 9.59 Å². The first-order valence-corrected chi connectivity index (χ1v) is 13.4. The summed E-state index contributed by atoms with van der Waals surface area (Å²) in [4.78, 5) is 25.0. The lowest BCUT2D eigenvalue weighted by atomic mass is 10.2. The van der Waals surface area contributed by atoms with Crippen LogP contribution in [0.2, 0.25) is 5.02 Å². The predicted octanol–water partition coefficient (Wildman–Crippen LogP) is 5.84. The Balaban J connectivity index is 1.62. The van der Waals surface area contributed by atoms with Gasteiger partial charge in [-0.2, -0.15) is 5.10 Å². The molecule has 11 heteroatoms. The Bertz CT molecular complexity index is 1370. The number of nitrogens with one attached hydrogen (secondary N) is 2. The van der Waals surface area contributed by atoms with Crippen molar-refractivity contribution < 1.29 is 28.5 Å². The van der Waals surface area contributed by atoms with Crippen LogP contribution in [0, 0.1) is 10.5 Å². The third-order valence-electron chi connectivity index (χ3n) is 5.32. The molecule has 3 rings (SSSR count). The molecule has 0 radical (unpaired) electrons. The number of amides is 2. The number of carbonyl (C=O) groups excluding carboxylic acids is 2. The summed E-state index contributed by atoms with van der Waals surface area (Å²) < 4.78 is 22.8.